The fourth-order valence-electron chi connectivity index (χ4n) is 4.32. The molecule has 2 aliphatic carbocycles. The van der Waals surface area contributed by atoms with Crippen LogP contribution in [-0.4, -0.2) is 38.7 Å². The van der Waals surface area contributed by atoms with Crippen LogP contribution in [0.4, 0.5) is 4.39 Å². The second-order valence-electron chi connectivity index (χ2n) is 7.44. The fraction of sp³-hybridized carbons (Fsp3) is 0.625. The molecule has 2 N–H and O–H groups in total. The smallest absolute Gasteiger partial charge is 0.286 e. The number of rotatable bonds is 4. The SMILES string of the molecule is Cc1nc2ncc(C(=O)NCC3(CF)CC4(CCC4)C3)c(=O)n2[nH]1. The highest BCUT2D eigenvalue weighted by Crippen LogP contribution is 2.64. The van der Waals surface area contributed by atoms with E-state index in [1.807, 2.05) is 0 Å². The van der Waals surface area contributed by atoms with Crippen molar-refractivity contribution in [2.45, 2.75) is 39.0 Å². The molecular weight excluding hydrogens is 313 g/mol. The van der Waals surface area contributed by atoms with Crippen molar-refractivity contribution in [3.63, 3.8) is 0 Å². The summed E-state index contributed by atoms with van der Waals surface area (Å²) >= 11 is 0. The number of carbonyl (C=O) groups excluding carboxylic acids is 1. The summed E-state index contributed by atoms with van der Waals surface area (Å²) in [7, 11) is 0. The minimum Gasteiger partial charge on any atom is -0.351 e. The number of amides is 1. The zero-order chi connectivity index (χ0) is 16.9. The van der Waals surface area contributed by atoms with E-state index in [9.17, 15) is 14.0 Å². The molecule has 0 radical (unpaired) electrons. The highest BCUT2D eigenvalue weighted by Gasteiger charge is 2.56. The van der Waals surface area contributed by atoms with Crippen LogP contribution in [-0.2, 0) is 0 Å². The van der Waals surface area contributed by atoms with Crippen LogP contribution < -0.4 is 10.9 Å². The summed E-state index contributed by atoms with van der Waals surface area (Å²) in [6.45, 7) is 1.52. The second-order valence-corrected chi connectivity index (χ2v) is 7.44. The molecule has 2 saturated carbocycles. The molecule has 1 amide bonds. The molecule has 2 aromatic heterocycles. The largest absolute Gasteiger partial charge is 0.351 e. The van der Waals surface area contributed by atoms with E-state index < -0.39 is 23.6 Å². The quantitative estimate of drug-likeness (QED) is 0.884. The number of nitrogens with zero attached hydrogens (tertiary/aromatic N) is 3. The first-order chi connectivity index (χ1) is 11.5. The first kappa shape index (κ1) is 15.3. The van der Waals surface area contributed by atoms with Gasteiger partial charge in [-0.3, -0.25) is 19.1 Å². The third kappa shape index (κ3) is 2.23. The van der Waals surface area contributed by atoms with Crippen LogP contribution in [0.1, 0.15) is 48.3 Å². The summed E-state index contributed by atoms with van der Waals surface area (Å²) in [6.07, 6.45) is 6.44. The van der Waals surface area contributed by atoms with Crippen molar-refractivity contribution in [3.05, 3.63) is 27.9 Å². The maximum absolute atomic E-state index is 13.5. The molecule has 1 spiro atoms. The van der Waals surface area contributed by atoms with E-state index in [2.05, 4.69) is 20.4 Å². The molecule has 0 atom stereocenters. The molecule has 7 nitrogen and oxygen atoms in total. The van der Waals surface area contributed by atoms with Crippen molar-refractivity contribution in [1.82, 2.24) is 24.9 Å². The minimum absolute atomic E-state index is 0.0668. The first-order valence-corrected chi connectivity index (χ1v) is 8.25. The highest BCUT2D eigenvalue weighted by atomic mass is 19.1. The zero-order valence-corrected chi connectivity index (χ0v) is 13.6. The van der Waals surface area contributed by atoms with Gasteiger partial charge in [0, 0.05) is 18.2 Å². The molecule has 24 heavy (non-hydrogen) atoms. The monoisotopic (exact) mass is 333 g/mol. The average molecular weight is 333 g/mol. The van der Waals surface area contributed by atoms with Crippen molar-refractivity contribution in [2.24, 2.45) is 10.8 Å². The van der Waals surface area contributed by atoms with Gasteiger partial charge in [0.1, 0.15) is 11.4 Å². The van der Waals surface area contributed by atoms with Crippen LogP contribution in [0.5, 0.6) is 0 Å². The standard InChI is InChI=1S/C16H20FN5O2/c1-10-20-14-18-5-11(13(24)22(14)21-10)12(23)19-9-16(8-17)6-15(7-16)3-2-4-15/h5H,2-4,6-9H2,1H3,(H,19,23)(H,18,20,21). The number of carbonyl (C=O) groups is 1. The van der Waals surface area contributed by atoms with Gasteiger partial charge in [-0.15, -0.1) is 0 Å². The molecule has 2 fully saturated rings. The van der Waals surface area contributed by atoms with Gasteiger partial charge in [0.05, 0.1) is 6.67 Å². The summed E-state index contributed by atoms with van der Waals surface area (Å²) in [5, 5.41) is 5.47. The van der Waals surface area contributed by atoms with Crippen LogP contribution in [0, 0.1) is 17.8 Å². The Morgan fingerprint density at radius 1 is 1.46 bits per heavy atom. The van der Waals surface area contributed by atoms with Gasteiger partial charge in [0.2, 0.25) is 0 Å². The van der Waals surface area contributed by atoms with Crippen LogP contribution in [0.15, 0.2) is 11.0 Å². The molecule has 0 saturated heterocycles. The van der Waals surface area contributed by atoms with Gasteiger partial charge in [-0.25, -0.2) is 4.98 Å². The Hall–Kier alpha value is -2.25. The van der Waals surface area contributed by atoms with Gasteiger partial charge in [-0.2, -0.15) is 9.50 Å². The summed E-state index contributed by atoms with van der Waals surface area (Å²) in [5.41, 5.74) is -0.710. The van der Waals surface area contributed by atoms with Crippen molar-refractivity contribution in [3.8, 4) is 0 Å². The van der Waals surface area contributed by atoms with Crippen molar-refractivity contribution >= 4 is 11.7 Å². The number of hydrogen-bond acceptors (Lipinski definition) is 4. The summed E-state index contributed by atoms with van der Waals surface area (Å²) in [5.74, 6) is 0.241. The summed E-state index contributed by atoms with van der Waals surface area (Å²) in [6, 6.07) is 0. The minimum atomic E-state index is -0.517. The van der Waals surface area contributed by atoms with E-state index in [1.165, 1.54) is 25.5 Å². The number of nitrogens with one attached hydrogen (secondary N) is 2. The van der Waals surface area contributed by atoms with Gasteiger partial charge in [0.25, 0.3) is 17.2 Å². The highest BCUT2D eigenvalue weighted by molar-refractivity contribution is 5.93. The van der Waals surface area contributed by atoms with E-state index in [4.69, 9.17) is 0 Å². The number of H-pyrrole nitrogens is 1. The summed E-state index contributed by atoms with van der Waals surface area (Å²) < 4.78 is 14.6. The third-order valence-electron chi connectivity index (χ3n) is 5.55. The maximum atomic E-state index is 13.5. The number of hydrogen-bond donors (Lipinski definition) is 2. The zero-order valence-electron chi connectivity index (χ0n) is 13.6. The molecule has 0 aliphatic heterocycles. The van der Waals surface area contributed by atoms with Crippen LogP contribution in [0.3, 0.4) is 0 Å². The van der Waals surface area contributed by atoms with Gasteiger partial charge in [-0.1, -0.05) is 6.42 Å². The fourth-order valence-corrected chi connectivity index (χ4v) is 4.32. The van der Waals surface area contributed by atoms with Crippen LogP contribution in [0.25, 0.3) is 5.78 Å². The molecule has 0 aromatic carbocycles. The predicted octanol–water partition coefficient (Wildman–Crippen LogP) is 1.38. The topological polar surface area (TPSA) is 92.2 Å². The lowest BCUT2D eigenvalue weighted by atomic mass is 9.45. The molecule has 0 bridgehead atoms. The lowest BCUT2D eigenvalue weighted by molar-refractivity contribution is -0.104. The predicted molar refractivity (Wildman–Crippen MR) is 84.6 cm³/mol. The number of aryl methyl sites for hydroxylation is 1. The van der Waals surface area contributed by atoms with E-state index in [0.29, 0.717) is 11.2 Å². The second kappa shape index (κ2) is 5.12. The third-order valence-corrected chi connectivity index (χ3v) is 5.55. The van der Waals surface area contributed by atoms with E-state index in [0.717, 1.165) is 17.4 Å². The lowest BCUT2D eigenvalue weighted by Gasteiger charge is -2.60. The maximum Gasteiger partial charge on any atom is 0.286 e. The van der Waals surface area contributed by atoms with Gasteiger partial charge in [0.15, 0.2) is 0 Å². The van der Waals surface area contributed by atoms with Crippen molar-refractivity contribution in [1.29, 1.82) is 0 Å². The van der Waals surface area contributed by atoms with Gasteiger partial charge < -0.3 is 5.32 Å². The normalized spacial score (nSPS) is 20.6. The molecule has 2 aliphatic rings. The van der Waals surface area contributed by atoms with Gasteiger partial charge in [-0.05, 0) is 38.0 Å². The number of alkyl halides is 1. The Balaban J connectivity index is 1.48. The lowest BCUT2D eigenvalue weighted by Crippen LogP contribution is -2.56. The Labute approximate surface area is 137 Å². The Kier molecular flexibility index (Phi) is 3.26. The molecule has 128 valence electrons. The van der Waals surface area contributed by atoms with E-state index in [1.54, 1.807) is 6.92 Å². The molecular formula is C16H20FN5O2. The first-order valence-electron chi connectivity index (χ1n) is 8.25. The number of aromatic nitrogens is 4. The van der Waals surface area contributed by atoms with E-state index in [-0.39, 0.29) is 17.9 Å². The molecule has 4 rings (SSSR count). The molecule has 0 unspecified atom stereocenters. The van der Waals surface area contributed by atoms with Crippen molar-refractivity contribution in [2.75, 3.05) is 13.2 Å². The Morgan fingerprint density at radius 2 is 2.21 bits per heavy atom. The Morgan fingerprint density at radius 3 is 2.83 bits per heavy atom. The van der Waals surface area contributed by atoms with Gasteiger partial charge >= 0.3 is 0 Å². The van der Waals surface area contributed by atoms with Crippen LogP contribution in [0.2, 0.25) is 0 Å². The summed E-state index contributed by atoms with van der Waals surface area (Å²) in [4.78, 5) is 32.7. The number of halogens is 1. The van der Waals surface area contributed by atoms with Crippen LogP contribution >= 0.6 is 0 Å². The Bertz CT molecular complexity index is 859. The van der Waals surface area contributed by atoms with Crippen molar-refractivity contribution < 1.29 is 9.18 Å². The number of aromatic amines is 1. The van der Waals surface area contributed by atoms with E-state index >= 15 is 0 Å². The molecule has 8 heteroatoms. The molecule has 2 heterocycles. The number of fused-ring (bicyclic) bond motifs is 1. The average Bonchev–Trinajstić information content (AvgIpc) is 2.86. The molecule has 2 aromatic rings.